The predicted octanol–water partition coefficient (Wildman–Crippen LogP) is 4.52. The molecule has 0 saturated carbocycles. The van der Waals surface area contributed by atoms with Crippen LogP contribution in [0.25, 0.3) is 0 Å². The Hall–Kier alpha value is -2.34. The van der Waals surface area contributed by atoms with Gasteiger partial charge in [-0.3, -0.25) is 14.3 Å². The smallest absolute Gasteiger partial charge is 0.345 e. The number of β-lactam (4-membered cyclic amide) rings is 1. The number of fused-ring (bicyclic) bond motifs is 5. The van der Waals surface area contributed by atoms with Gasteiger partial charge in [-0.1, -0.05) is 12.1 Å². The molecule has 0 spiro atoms. The quantitative estimate of drug-likeness (QED) is 0.521. The first-order valence-corrected chi connectivity index (χ1v) is 10.8. The van der Waals surface area contributed by atoms with Crippen LogP contribution in [0.2, 0.25) is 0 Å². The molecular formula is C20H22NO6P. The fraction of sp³-hybridized carbons (Fsp3) is 0.350. The lowest BCUT2D eigenvalue weighted by Gasteiger charge is -2.47. The lowest BCUT2D eigenvalue weighted by molar-refractivity contribution is -0.124. The van der Waals surface area contributed by atoms with Crippen LogP contribution in [0.15, 0.2) is 42.5 Å². The van der Waals surface area contributed by atoms with Crippen molar-refractivity contribution in [3.05, 3.63) is 48.0 Å². The standard InChI is InChI=1S/C20H22NO6P/c1-4-25-28(23,26-5-2)19-18-14-11-10-13(24-3)12-17(14)27-16-9-7-6-8-15(16)21(18)20(19)22/h6-12,18-19H,4-5H2,1-3H3/t18-,19-/m1/s1. The molecule has 1 saturated heterocycles. The monoisotopic (exact) mass is 403 g/mol. The molecule has 0 N–H and O–H groups in total. The molecule has 2 aromatic rings. The Morgan fingerprint density at radius 1 is 1.07 bits per heavy atom. The maximum absolute atomic E-state index is 13.5. The van der Waals surface area contributed by atoms with Crippen molar-refractivity contribution in [2.75, 3.05) is 25.2 Å². The van der Waals surface area contributed by atoms with Gasteiger partial charge in [0.05, 0.1) is 32.1 Å². The number of carbonyl (C=O) groups excluding carboxylic acids is 1. The number of amides is 1. The molecule has 2 atom stereocenters. The molecule has 0 bridgehead atoms. The summed E-state index contributed by atoms with van der Waals surface area (Å²) in [6.45, 7) is 3.85. The largest absolute Gasteiger partial charge is 0.497 e. The lowest BCUT2D eigenvalue weighted by atomic mass is 9.92. The summed E-state index contributed by atoms with van der Waals surface area (Å²) >= 11 is 0. The van der Waals surface area contributed by atoms with E-state index in [9.17, 15) is 9.36 Å². The molecule has 1 amide bonds. The number of methoxy groups -OCH3 is 1. The van der Waals surface area contributed by atoms with Crippen LogP contribution in [-0.2, 0) is 18.4 Å². The number of hydrogen-bond acceptors (Lipinski definition) is 6. The zero-order valence-electron chi connectivity index (χ0n) is 16.0. The topological polar surface area (TPSA) is 74.3 Å². The highest BCUT2D eigenvalue weighted by molar-refractivity contribution is 7.56. The fourth-order valence-electron chi connectivity index (χ4n) is 3.75. The minimum Gasteiger partial charge on any atom is -0.497 e. The van der Waals surface area contributed by atoms with E-state index in [0.717, 1.165) is 5.56 Å². The molecule has 8 heteroatoms. The van der Waals surface area contributed by atoms with Crippen LogP contribution in [0, 0.1) is 0 Å². The number of hydrogen-bond donors (Lipinski definition) is 0. The van der Waals surface area contributed by atoms with Crippen LogP contribution in [0.1, 0.15) is 25.5 Å². The van der Waals surface area contributed by atoms with Crippen molar-refractivity contribution in [2.24, 2.45) is 0 Å². The summed E-state index contributed by atoms with van der Waals surface area (Å²) in [6.07, 6.45) is 0. The minimum atomic E-state index is -3.65. The summed E-state index contributed by atoms with van der Waals surface area (Å²) in [5.41, 5.74) is 0.444. The number of benzene rings is 2. The second-order valence-corrected chi connectivity index (χ2v) is 8.60. The molecule has 2 aromatic carbocycles. The van der Waals surface area contributed by atoms with Crippen molar-refractivity contribution >= 4 is 19.2 Å². The van der Waals surface area contributed by atoms with Gasteiger partial charge in [0, 0.05) is 11.6 Å². The van der Waals surface area contributed by atoms with Crippen LogP contribution in [0.3, 0.4) is 0 Å². The Bertz CT molecular complexity index is 951. The Balaban J connectivity index is 1.88. The number of carbonyl (C=O) groups is 1. The van der Waals surface area contributed by atoms with E-state index in [-0.39, 0.29) is 19.1 Å². The van der Waals surface area contributed by atoms with E-state index in [1.54, 1.807) is 44.1 Å². The summed E-state index contributed by atoms with van der Waals surface area (Å²) in [5, 5.41) is 0. The van der Waals surface area contributed by atoms with Gasteiger partial charge in [-0.25, -0.2) is 0 Å². The number of rotatable bonds is 6. The molecule has 0 aromatic heterocycles. The van der Waals surface area contributed by atoms with Crippen LogP contribution in [-0.4, -0.2) is 31.9 Å². The maximum atomic E-state index is 13.5. The fourth-order valence-corrected chi connectivity index (χ4v) is 5.90. The van der Waals surface area contributed by atoms with E-state index >= 15 is 0 Å². The van der Waals surface area contributed by atoms with E-state index in [1.165, 1.54) is 0 Å². The number of ether oxygens (including phenoxy) is 2. The molecular weight excluding hydrogens is 381 g/mol. The van der Waals surface area contributed by atoms with Gasteiger partial charge in [0.25, 0.3) is 0 Å². The minimum absolute atomic E-state index is 0.191. The van der Waals surface area contributed by atoms with Gasteiger partial charge in [-0.05, 0) is 38.1 Å². The zero-order valence-corrected chi connectivity index (χ0v) is 16.8. The summed E-state index contributed by atoms with van der Waals surface area (Å²) in [6, 6.07) is 12.2. The highest BCUT2D eigenvalue weighted by Crippen LogP contribution is 2.65. The first-order valence-electron chi connectivity index (χ1n) is 9.20. The highest BCUT2D eigenvalue weighted by Gasteiger charge is 2.61. The van der Waals surface area contributed by atoms with E-state index in [0.29, 0.717) is 22.9 Å². The van der Waals surface area contributed by atoms with Gasteiger partial charge < -0.3 is 18.5 Å². The van der Waals surface area contributed by atoms with Crippen molar-refractivity contribution in [3.8, 4) is 17.2 Å². The number of para-hydroxylation sites is 2. The van der Waals surface area contributed by atoms with Gasteiger partial charge >= 0.3 is 7.60 Å². The van der Waals surface area contributed by atoms with Gasteiger partial charge in [0.1, 0.15) is 11.5 Å². The van der Waals surface area contributed by atoms with Crippen LogP contribution < -0.4 is 14.4 Å². The van der Waals surface area contributed by atoms with Crippen LogP contribution in [0.5, 0.6) is 17.2 Å². The van der Waals surface area contributed by atoms with Crippen molar-refractivity contribution in [2.45, 2.75) is 25.5 Å². The van der Waals surface area contributed by atoms with Crippen LogP contribution in [0.4, 0.5) is 5.69 Å². The summed E-state index contributed by atoms with van der Waals surface area (Å²) in [5.74, 6) is 1.44. The predicted molar refractivity (Wildman–Crippen MR) is 104 cm³/mol. The maximum Gasteiger partial charge on any atom is 0.345 e. The molecule has 0 aliphatic carbocycles. The third-order valence-electron chi connectivity index (χ3n) is 4.91. The molecule has 4 rings (SSSR count). The van der Waals surface area contributed by atoms with Gasteiger partial charge in [0.2, 0.25) is 5.91 Å². The van der Waals surface area contributed by atoms with Crippen LogP contribution >= 0.6 is 7.60 Å². The Labute approximate surface area is 163 Å². The molecule has 2 aliphatic heterocycles. The lowest BCUT2D eigenvalue weighted by Crippen LogP contribution is -2.59. The molecule has 2 aliphatic rings. The van der Waals surface area contributed by atoms with E-state index in [1.807, 2.05) is 24.3 Å². The summed E-state index contributed by atoms with van der Waals surface area (Å²) in [4.78, 5) is 14.8. The van der Waals surface area contributed by atoms with Gasteiger partial charge in [-0.2, -0.15) is 0 Å². The number of nitrogens with zero attached hydrogens (tertiary/aromatic N) is 1. The van der Waals surface area contributed by atoms with Crippen molar-refractivity contribution in [3.63, 3.8) is 0 Å². The van der Waals surface area contributed by atoms with Crippen molar-refractivity contribution < 1.29 is 27.9 Å². The molecule has 7 nitrogen and oxygen atoms in total. The summed E-state index contributed by atoms with van der Waals surface area (Å²) < 4.78 is 35.9. The van der Waals surface area contributed by atoms with Crippen molar-refractivity contribution in [1.82, 2.24) is 0 Å². The molecule has 0 radical (unpaired) electrons. The average molecular weight is 403 g/mol. The Morgan fingerprint density at radius 2 is 1.79 bits per heavy atom. The molecule has 148 valence electrons. The number of anilines is 1. The van der Waals surface area contributed by atoms with E-state index in [2.05, 4.69) is 0 Å². The Kier molecular flexibility index (Phi) is 4.91. The second kappa shape index (κ2) is 7.24. The van der Waals surface area contributed by atoms with E-state index < -0.39 is 19.3 Å². The normalized spacial score (nSPS) is 20.2. The third-order valence-corrected chi connectivity index (χ3v) is 7.33. The molecule has 0 unspecified atom stereocenters. The van der Waals surface area contributed by atoms with E-state index in [4.69, 9.17) is 18.5 Å². The molecule has 1 fully saturated rings. The highest BCUT2D eigenvalue weighted by atomic mass is 31.2. The first-order chi connectivity index (χ1) is 13.5. The third kappa shape index (κ3) is 2.82. The molecule has 2 heterocycles. The van der Waals surface area contributed by atoms with Gasteiger partial charge in [0.15, 0.2) is 11.4 Å². The SMILES string of the molecule is CCOP(=O)(OCC)[C@H]1C(=O)N2c3ccccc3Oc3cc(OC)ccc3[C@H]12. The first kappa shape index (κ1) is 19.0. The Morgan fingerprint density at radius 3 is 2.46 bits per heavy atom. The summed E-state index contributed by atoms with van der Waals surface area (Å²) in [7, 11) is -2.08. The second-order valence-electron chi connectivity index (χ2n) is 6.45. The molecule has 28 heavy (non-hydrogen) atoms. The zero-order chi connectivity index (χ0) is 19.9. The van der Waals surface area contributed by atoms with Crippen molar-refractivity contribution in [1.29, 1.82) is 0 Å². The van der Waals surface area contributed by atoms with Gasteiger partial charge in [-0.15, -0.1) is 0 Å². The average Bonchev–Trinajstić information content (AvgIpc) is 2.79.